The summed E-state index contributed by atoms with van der Waals surface area (Å²) in [5, 5.41) is 0. The van der Waals surface area contributed by atoms with Gasteiger partial charge in [0.15, 0.2) is 5.78 Å². The van der Waals surface area contributed by atoms with E-state index in [-0.39, 0.29) is 11.5 Å². The number of nitrogen functional groups attached to an aromatic ring is 1. The molecular weight excluding hydrogens is 322 g/mol. The number of fused-ring (bicyclic) bond motifs is 1. The van der Waals surface area contributed by atoms with Gasteiger partial charge >= 0.3 is 5.69 Å². The van der Waals surface area contributed by atoms with Gasteiger partial charge in [0.1, 0.15) is 0 Å². The molecule has 0 atom stereocenters. The van der Waals surface area contributed by atoms with Crippen molar-refractivity contribution in [2.45, 2.75) is 0 Å². The number of para-hydroxylation sites is 1. The first-order chi connectivity index (χ1) is 9.56. The van der Waals surface area contributed by atoms with Crippen molar-refractivity contribution < 1.29 is 4.79 Å². The van der Waals surface area contributed by atoms with Crippen LogP contribution in [-0.2, 0) is 0 Å². The Hall–Kier alpha value is -2.34. The number of nitrogens with two attached hydrogens (primary N) is 1. The number of imidazole rings is 1. The molecule has 0 saturated heterocycles. The fourth-order valence-corrected chi connectivity index (χ4v) is 2.60. The summed E-state index contributed by atoms with van der Waals surface area (Å²) in [6, 6.07) is 10.2. The molecule has 20 heavy (non-hydrogen) atoms. The van der Waals surface area contributed by atoms with Crippen LogP contribution < -0.4 is 11.4 Å². The lowest BCUT2D eigenvalue weighted by Gasteiger charge is -2.06. The molecule has 0 saturated carbocycles. The van der Waals surface area contributed by atoms with Crippen molar-refractivity contribution in [1.82, 2.24) is 9.97 Å². The first kappa shape index (κ1) is 12.7. The molecule has 100 valence electrons. The van der Waals surface area contributed by atoms with Gasteiger partial charge in [0.05, 0.1) is 11.0 Å². The van der Waals surface area contributed by atoms with Gasteiger partial charge < -0.3 is 15.7 Å². The predicted molar refractivity (Wildman–Crippen MR) is 80.9 cm³/mol. The molecule has 1 heterocycles. The van der Waals surface area contributed by atoms with Gasteiger partial charge in [0.25, 0.3) is 0 Å². The highest BCUT2D eigenvalue weighted by Gasteiger charge is 2.16. The maximum Gasteiger partial charge on any atom is 0.323 e. The van der Waals surface area contributed by atoms with E-state index >= 15 is 0 Å². The van der Waals surface area contributed by atoms with Crippen LogP contribution in [0.3, 0.4) is 0 Å². The number of aromatic nitrogens is 2. The number of hydrogen-bond acceptors (Lipinski definition) is 3. The number of aromatic amines is 2. The van der Waals surface area contributed by atoms with E-state index in [0.29, 0.717) is 32.3 Å². The lowest BCUT2D eigenvalue weighted by molar-refractivity contribution is 0.103. The zero-order valence-electron chi connectivity index (χ0n) is 10.2. The summed E-state index contributed by atoms with van der Waals surface area (Å²) in [5.41, 5.74) is 8.04. The number of anilines is 1. The third kappa shape index (κ3) is 2.04. The third-order valence-corrected chi connectivity index (χ3v) is 3.71. The summed E-state index contributed by atoms with van der Waals surface area (Å²) in [6.45, 7) is 0. The average molecular weight is 332 g/mol. The van der Waals surface area contributed by atoms with Crippen LogP contribution in [0.5, 0.6) is 0 Å². The molecule has 1 aromatic heterocycles. The van der Waals surface area contributed by atoms with Gasteiger partial charge in [-0.1, -0.05) is 12.1 Å². The number of carbonyl (C=O) groups is 1. The van der Waals surface area contributed by atoms with E-state index in [9.17, 15) is 9.59 Å². The number of hydrogen-bond donors (Lipinski definition) is 3. The molecule has 0 bridgehead atoms. The Morgan fingerprint density at radius 2 is 1.70 bits per heavy atom. The first-order valence-corrected chi connectivity index (χ1v) is 6.66. The zero-order chi connectivity index (χ0) is 14.3. The number of carbonyl (C=O) groups excluding carboxylic acids is 1. The molecule has 5 nitrogen and oxygen atoms in total. The molecule has 6 heteroatoms. The fourth-order valence-electron chi connectivity index (χ4n) is 2.08. The minimum atomic E-state index is -0.310. The predicted octanol–water partition coefficient (Wildman–Crippen LogP) is 2.43. The Kier molecular flexibility index (Phi) is 2.94. The lowest BCUT2D eigenvalue weighted by atomic mass is 10.0. The van der Waals surface area contributed by atoms with Gasteiger partial charge in [0.2, 0.25) is 0 Å². The third-order valence-electron chi connectivity index (χ3n) is 3.05. The van der Waals surface area contributed by atoms with Crippen molar-refractivity contribution in [2.24, 2.45) is 0 Å². The summed E-state index contributed by atoms with van der Waals surface area (Å²) in [5.74, 6) is -0.195. The number of ketones is 1. The van der Waals surface area contributed by atoms with Crippen LogP contribution in [0.25, 0.3) is 11.0 Å². The van der Waals surface area contributed by atoms with E-state index in [1.165, 1.54) is 0 Å². The van der Waals surface area contributed by atoms with Gasteiger partial charge in [0, 0.05) is 21.3 Å². The monoisotopic (exact) mass is 331 g/mol. The molecule has 2 aromatic carbocycles. The number of benzene rings is 2. The van der Waals surface area contributed by atoms with Gasteiger partial charge in [-0.05, 0) is 40.2 Å². The van der Waals surface area contributed by atoms with Crippen molar-refractivity contribution in [1.29, 1.82) is 0 Å². The van der Waals surface area contributed by atoms with Crippen LogP contribution in [0.1, 0.15) is 15.9 Å². The number of halogens is 1. The van der Waals surface area contributed by atoms with Gasteiger partial charge in [-0.25, -0.2) is 4.79 Å². The minimum Gasteiger partial charge on any atom is -0.398 e. The minimum absolute atomic E-state index is 0.195. The number of H-pyrrole nitrogens is 2. The van der Waals surface area contributed by atoms with Gasteiger partial charge in [-0.15, -0.1) is 0 Å². The molecule has 0 aliphatic heterocycles. The van der Waals surface area contributed by atoms with Crippen LogP contribution >= 0.6 is 15.9 Å². The molecule has 0 radical (unpaired) electrons. The van der Waals surface area contributed by atoms with Crippen LogP contribution in [0.4, 0.5) is 5.69 Å². The summed E-state index contributed by atoms with van der Waals surface area (Å²) >= 11 is 3.35. The standard InChI is InChI=1S/C14H10BrN3O2/c15-9-6-12-11(17-14(20)18-12)5-8(9)13(19)7-3-1-2-4-10(7)16/h1-6H,16H2,(H2,17,18,20). The average Bonchev–Trinajstić information content (AvgIpc) is 2.76. The Morgan fingerprint density at radius 3 is 2.40 bits per heavy atom. The Morgan fingerprint density at radius 1 is 1.05 bits per heavy atom. The molecule has 3 rings (SSSR count). The highest BCUT2D eigenvalue weighted by atomic mass is 79.9. The second-order valence-electron chi connectivity index (χ2n) is 4.37. The molecule has 4 N–H and O–H groups in total. The molecule has 0 fully saturated rings. The lowest BCUT2D eigenvalue weighted by Crippen LogP contribution is -2.06. The summed E-state index contributed by atoms with van der Waals surface area (Å²) in [7, 11) is 0. The SMILES string of the molecule is Nc1ccccc1C(=O)c1cc2[nH]c(=O)[nH]c2cc1Br. The highest BCUT2D eigenvalue weighted by molar-refractivity contribution is 9.10. The molecule has 0 aliphatic carbocycles. The Bertz CT molecular complexity index is 880. The quantitative estimate of drug-likeness (QED) is 0.497. The Balaban J connectivity index is 2.19. The van der Waals surface area contributed by atoms with Crippen molar-refractivity contribution in [2.75, 3.05) is 5.73 Å². The molecular formula is C14H10BrN3O2. The zero-order valence-corrected chi connectivity index (χ0v) is 11.8. The molecule has 3 aromatic rings. The summed E-state index contributed by atoms with van der Waals surface area (Å²) < 4.78 is 0.605. The van der Waals surface area contributed by atoms with Crippen molar-refractivity contribution in [3.05, 3.63) is 62.5 Å². The van der Waals surface area contributed by atoms with E-state index < -0.39 is 0 Å². The van der Waals surface area contributed by atoms with Crippen LogP contribution in [0.2, 0.25) is 0 Å². The van der Waals surface area contributed by atoms with Crippen LogP contribution in [0.15, 0.2) is 45.7 Å². The normalized spacial score (nSPS) is 10.8. The molecule has 0 unspecified atom stereocenters. The number of nitrogens with one attached hydrogen (secondary N) is 2. The van der Waals surface area contributed by atoms with E-state index in [0.717, 1.165) is 0 Å². The molecule has 0 amide bonds. The summed E-state index contributed by atoms with van der Waals surface area (Å²) in [6.07, 6.45) is 0. The fraction of sp³-hybridized carbons (Fsp3) is 0. The van der Waals surface area contributed by atoms with Crippen LogP contribution in [0, 0.1) is 0 Å². The van der Waals surface area contributed by atoms with Gasteiger partial charge in [-0.2, -0.15) is 0 Å². The highest BCUT2D eigenvalue weighted by Crippen LogP contribution is 2.26. The smallest absolute Gasteiger partial charge is 0.323 e. The van der Waals surface area contributed by atoms with Crippen molar-refractivity contribution >= 4 is 38.4 Å². The van der Waals surface area contributed by atoms with E-state index in [4.69, 9.17) is 5.73 Å². The molecule has 0 spiro atoms. The van der Waals surface area contributed by atoms with E-state index in [2.05, 4.69) is 25.9 Å². The second-order valence-corrected chi connectivity index (χ2v) is 5.23. The Labute approximate surface area is 121 Å². The maximum atomic E-state index is 12.5. The topological polar surface area (TPSA) is 91.7 Å². The maximum absolute atomic E-state index is 12.5. The van der Waals surface area contributed by atoms with Gasteiger partial charge in [-0.3, -0.25) is 4.79 Å². The summed E-state index contributed by atoms with van der Waals surface area (Å²) in [4.78, 5) is 29.1. The van der Waals surface area contributed by atoms with Crippen molar-refractivity contribution in [3.63, 3.8) is 0 Å². The second kappa shape index (κ2) is 4.64. The number of rotatable bonds is 2. The van der Waals surface area contributed by atoms with Crippen molar-refractivity contribution in [3.8, 4) is 0 Å². The van der Waals surface area contributed by atoms with Crippen LogP contribution in [-0.4, -0.2) is 15.8 Å². The largest absolute Gasteiger partial charge is 0.398 e. The van der Waals surface area contributed by atoms with E-state index in [1.807, 2.05) is 0 Å². The molecule has 0 aliphatic rings. The van der Waals surface area contributed by atoms with E-state index in [1.54, 1.807) is 36.4 Å². The first-order valence-electron chi connectivity index (χ1n) is 5.87.